The predicted octanol–water partition coefficient (Wildman–Crippen LogP) is 3.26. The first-order chi connectivity index (χ1) is 9.78. The molecule has 5 nitrogen and oxygen atoms in total. The van der Waals surface area contributed by atoms with E-state index in [1.165, 1.54) is 0 Å². The monoisotopic (exact) mass is 293 g/mol. The van der Waals surface area contributed by atoms with Crippen LogP contribution in [0.5, 0.6) is 0 Å². The second-order valence-corrected chi connectivity index (χ2v) is 6.64. The van der Waals surface area contributed by atoms with Gasteiger partial charge in [-0.2, -0.15) is 0 Å². The van der Waals surface area contributed by atoms with Gasteiger partial charge in [0, 0.05) is 12.2 Å². The molecule has 1 heterocycles. The van der Waals surface area contributed by atoms with Gasteiger partial charge in [-0.15, -0.1) is 0 Å². The van der Waals surface area contributed by atoms with Gasteiger partial charge in [0.1, 0.15) is 11.3 Å². The molecule has 0 bridgehead atoms. The summed E-state index contributed by atoms with van der Waals surface area (Å²) in [4.78, 5) is 23.2. The number of aromatic carboxylic acids is 1. The van der Waals surface area contributed by atoms with Crippen molar-refractivity contribution in [2.45, 2.75) is 58.1 Å². The molecular formula is C16H23NO4. The molecule has 1 aromatic heterocycles. The molecule has 21 heavy (non-hydrogen) atoms. The zero-order valence-corrected chi connectivity index (χ0v) is 12.8. The Hall–Kier alpha value is -1.78. The van der Waals surface area contributed by atoms with Crippen molar-refractivity contribution in [3.8, 4) is 0 Å². The second kappa shape index (κ2) is 5.92. The lowest BCUT2D eigenvalue weighted by Gasteiger charge is -2.31. The van der Waals surface area contributed by atoms with Crippen LogP contribution >= 0.6 is 0 Å². The van der Waals surface area contributed by atoms with E-state index in [1.807, 2.05) is 31.5 Å². The smallest absolute Gasteiger partial charge is 0.352 e. The van der Waals surface area contributed by atoms with Crippen molar-refractivity contribution >= 4 is 11.9 Å². The average Bonchev–Trinajstić information content (AvgIpc) is 2.86. The third kappa shape index (κ3) is 3.86. The van der Waals surface area contributed by atoms with E-state index in [4.69, 9.17) is 9.84 Å². The van der Waals surface area contributed by atoms with Gasteiger partial charge in [0.05, 0.1) is 5.92 Å². The van der Waals surface area contributed by atoms with Crippen LogP contribution in [0.4, 0.5) is 0 Å². The maximum absolute atomic E-state index is 12.1. The van der Waals surface area contributed by atoms with E-state index in [9.17, 15) is 9.59 Å². The molecule has 1 saturated carbocycles. The van der Waals surface area contributed by atoms with Crippen LogP contribution in [0, 0.1) is 5.92 Å². The quantitative estimate of drug-likeness (QED) is 0.868. The Bertz CT molecular complexity index is 519. The SMILES string of the molecule is CC(C)(C)OC(=O)C1CCC(n2cccc2C(=O)O)CC1. The summed E-state index contributed by atoms with van der Waals surface area (Å²) in [6.07, 6.45) is 4.91. The molecule has 0 amide bonds. The van der Waals surface area contributed by atoms with Crippen molar-refractivity contribution in [1.82, 2.24) is 4.57 Å². The summed E-state index contributed by atoms with van der Waals surface area (Å²) in [7, 11) is 0. The van der Waals surface area contributed by atoms with E-state index in [2.05, 4.69) is 0 Å². The Labute approximate surface area is 124 Å². The van der Waals surface area contributed by atoms with Crippen molar-refractivity contribution in [2.75, 3.05) is 0 Å². The molecule has 1 aromatic rings. The van der Waals surface area contributed by atoms with E-state index in [0.29, 0.717) is 5.69 Å². The van der Waals surface area contributed by atoms with Crippen LogP contribution < -0.4 is 0 Å². The Morgan fingerprint density at radius 2 is 1.86 bits per heavy atom. The van der Waals surface area contributed by atoms with Crippen LogP contribution in [0.3, 0.4) is 0 Å². The Balaban J connectivity index is 1.96. The highest BCUT2D eigenvalue weighted by Gasteiger charge is 2.31. The largest absolute Gasteiger partial charge is 0.477 e. The molecule has 0 spiro atoms. The normalized spacial score (nSPS) is 22.8. The molecule has 0 aromatic carbocycles. The maximum atomic E-state index is 12.1. The molecule has 1 aliphatic carbocycles. The number of hydrogen-bond acceptors (Lipinski definition) is 3. The first-order valence-electron chi connectivity index (χ1n) is 7.41. The van der Waals surface area contributed by atoms with Gasteiger partial charge in [-0.1, -0.05) is 0 Å². The van der Waals surface area contributed by atoms with Gasteiger partial charge in [-0.3, -0.25) is 4.79 Å². The van der Waals surface area contributed by atoms with Crippen LogP contribution in [-0.4, -0.2) is 27.2 Å². The van der Waals surface area contributed by atoms with Crippen molar-refractivity contribution in [2.24, 2.45) is 5.92 Å². The van der Waals surface area contributed by atoms with Crippen LogP contribution in [0.2, 0.25) is 0 Å². The number of hydrogen-bond donors (Lipinski definition) is 1. The van der Waals surface area contributed by atoms with E-state index in [0.717, 1.165) is 25.7 Å². The van der Waals surface area contributed by atoms with Crippen molar-refractivity contribution in [3.05, 3.63) is 24.0 Å². The van der Waals surface area contributed by atoms with Crippen LogP contribution in [0.1, 0.15) is 63.0 Å². The molecule has 0 radical (unpaired) electrons. The number of rotatable bonds is 3. The molecule has 116 valence electrons. The molecule has 5 heteroatoms. The Morgan fingerprint density at radius 3 is 2.38 bits per heavy atom. The first kappa shape index (κ1) is 15.6. The minimum Gasteiger partial charge on any atom is -0.477 e. The fourth-order valence-electron chi connectivity index (χ4n) is 2.87. The molecule has 0 aliphatic heterocycles. The van der Waals surface area contributed by atoms with Crippen molar-refractivity contribution in [1.29, 1.82) is 0 Å². The number of aromatic nitrogens is 1. The number of esters is 1. The molecule has 2 rings (SSSR count). The van der Waals surface area contributed by atoms with Crippen molar-refractivity contribution in [3.63, 3.8) is 0 Å². The summed E-state index contributed by atoms with van der Waals surface area (Å²) < 4.78 is 7.24. The number of carbonyl (C=O) groups is 2. The fourth-order valence-corrected chi connectivity index (χ4v) is 2.87. The van der Waals surface area contributed by atoms with E-state index < -0.39 is 11.6 Å². The summed E-state index contributed by atoms with van der Waals surface area (Å²) >= 11 is 0. The highest BCUT2D eigenvalue weighted by Crippen LogP contribution is 2.34. The summed E-state index contributed by atoms with van der Waals surface area (Å²) in [6, 6.07) is 3.52. The predicted molar refractivity (Wildman–Crippen MR) is 78.2 cm³/mol. The van der Waals surface area contributed by atoms with E-state index >= 15 is 0 Å². The Kier molecular flexibility index (Phi) is 4.40. The minimum absolute atomic E-state index is 0.0654. The zero-order valence-electron chi connectivity index (χ0n) is 12.8. The van der Waals surface area contributed by atoms with Gasteiger partial charge >= 0.3 is 11.9 Å². The maximum Gasteiger partial charge on any atom is 0.352 e. The number of carboxylic acid groups (broad SMARTS) is 1. The van der Waals surface area contributed by atoms with Crippen molar-refractivity contribution < 1.29 is 19.4 Å². The lowest BCUT2D eigenvalue weighted by Crippen LogP contribution is -2.31. The van der Waals surface area contributed by atoms with Gasteiger partial charge in [-0.05, 0) is 58.6 Å². The number of carboxylic acids is 1. The minimum atomic E-state index is -0.908. The van der Waals surface area contributed by atoms with E-state index in [1.54, 1.807) is 12.1 Å². The van der Waals surface area contributed by atoms with Gasteiger partial charge < -0.3 is 14.4 Å². The molecule has 1 aliphatic rings. The molecule has 1 fully saturated rings. The Morgan fingerprint density at radius 1 is 1.24 bits per heavy atom. The zero-order chi connectivity index (χ0) is 15.6. The molecule has 0 atom stereocenters. The summed E-state index contributed by atoms with van der Waals surface area (Å²) in [5.74, 6) is -1.11. The van der Waals surface area contributed by atoms with Gasteiger partial charge in [-0.25, -0.2) is 4.79 Å². The third-order valence-electron chi connectivity index (χ3n) is 3.83. The molecular weight excluding hydrogens is 270 g/mol. The first-order valence-corrected chi connectivity index (χ1v) is 7.41. The van der Waals surface area contributed by atoms with Gasteiger partial charge in [0.15, 0.2) is 0 Å². The highest BCUT2D eigenvalue weighted by atomic mass is 16.6. The van der Waals surface area contributed by atoms with Gasteiger partial charge in [0.25, 0.3) is 0 Å². The lowest BCUT2D eigenvalue weighted by molar-refractivity contribution is -0.161. The third-order valence-corrected chi connectivity index (χ3v) is 3.83. The topological polar surface area (TPSA) is 68.5 Å². The average molecular weight is 293 g/mol. The van der Waals surface area contributed by atoms with Crippen LogP contribution in [0.15, 0.2) is 18.3 Å². The fraction of sp³-hybridized carbons (Fsp3) is 0.625. The number of ether oxygens (including phenoxy) is 1. The van der Waals surface area contributed by atoms with Gasteiger partial charge in [0.2, 0.25) is 0 Å². The van der Waals surface area contributed by atoms with E-state index in [-0.39, 0.29) is 17.9 Å². The van der Waals surface area contributed by atoms with Crippen LogP contribution in [-0.2, 0) is 9.53 Å². The number of nitrogens with zero attached hydrogens (tertiary/aromatic N) is 1. The second-order valence-electron chi connectivity index (χ2n) is 6.64. The molecule has 1 N–H and O–H groups in total. The standard InChI is InChI=1S/C16H23NO4/c1-16(2,3)21-15(20)11-6-8-12(9-7-11)17-10-4-5-13(17)14(18)19/h4-5,10-12H,6-9H2,1-3H3,(H,18,19). The highest BCUT2D eigenvalue weighted by molar-refractivity contribution is 5.85. The van der Waals surface area contributed by atoms with Crippen LogP contribution in [0.25, 0.3) is 0 Å². The lowest BCUT2D eigenvalue weighted by atomic mass is 9.85. The number of carbonyl (C=O) groups excluding carboxylic acids is 1. The molecule has 0 unspecified atom stereocenters. The summed E-state index contributed by atoms with van der Waals surface area (Å²) in [5.41, 5.74) is -0.138. The molecule has 0 saturated heterocycles. The summed E-state index contributed by atoms with van der Waals surface area (Å²) in [6.45, 7) is 5.61. The summed E-state index contributed by atoms with van der Waals surface area (Å²) in [5, 5.41) is 9.16.